The predicted molar refractivity (Wildman–Crippen MR) is 41.9 cm³/mol. The van der Waals surface area contributed by atoms with Crippen molar-refractivity contribution >= 4 is 24.4 Å². The van der Waals surface area contributed by atoms with Gasteiger partial charge in [0, 0.05) is 26.1 Å². The summed E-state index contributed by atoms with van der Waals surface area (Å²) in [5.41, 5.74) is 0. The van der Waals surface area contributed by atoms with Gasteiger partial charge < -0.3 is 0 Å². The molecule has 0 aromatic rings. The fourth-order valence-electron chi connectivity index (χ4n) is 0.637. The second kappa shape index (κ2) is 4.33. The molecule has 0 aliphatic carbocycles. The van der Waals surface area contributed by atoms with Crippen LogP contribution in [0.1, 0.15) is 13.8 Å². The van der Waals surface area contributed by atoms with Crippen molar-refractivity contribution in [3.05, 3.63) is 0 Å². The number of carbonyl (C=O) groups is 2. The lowest BCUT2D eigenvalue weighted by atomic mass is 10.5. The summed E-state index contributed by atoms with van der Waals surface area (Å²) in [6.07, 6.45) is 0. The molecule has 0 aromatic carbocycles. The van der Waals surface area contributed by atoms with Crippen molar-refractivity contribution in [2.75, 3.05) is 12.3 Å². The zero-order valence-electron chi connectivity index (χ0n) is 6.13. The molecular formula is C6H11NO2S. The molecule has 0 heterocycles. The summed E-state index contributed by atoms with van der Waals surface area (Å²) in [4.78, 5) is 22.5. The molecule has 0 saturated heterocycles. The minimum Gasteiger partial charge on any atom is -0.282 e. The zero-order valence-corrected chi connectivity index (χ0v) is 7.02. The molecule has 0 rings (SSSR count). The van der Waals surface area contributed by atoms with Crippen LogP contribution in [0.2, 0.25) is 0 Å². The van der Waals surface area contributed by atoms with E-state index >= 15 is 0 Å². The van der Waals surface area contributed by atoms with E-state index in [1.54, 1.807) is 0 Å². The standard InChI is InChI=1S/C6H11NO2S/c1-5(8)7(3-4-10)6(2)9/h10H,3-4H2,1-2H3. The minimum atomic E-state index is -0.221. The fourth-order valence-corrected chi connectivity index (χ4v) is 0.837. The average molecular weight is 161 g/mol. The van der Waals surface area contributed by atoms with Crippen LogP contribution in [0.4, 0.5) is 0 Å². The van der Waals surface area contributed by atoms with Crippen molar-refractivity contribution in [3.8, 4) is 0 Å². The molecule has 2 amide bonds. The van der Waals surface area contributed by atoms with E-state index in [1.807, 2.05) is 0 Å². The van der Waals surface area contributed by atoms with Crippen LogP contribution in [-0.2, 0) is 9.59 Å². The average Bonchev–Trinajstić information content (AvgIpc) is 1.81. The molecule has 10 heavy (non-hydrogen) atoms. The Hall–Kier alpha value is -0.510. The van der Waals surface area contributed by atoms with Gasteiger partial charge in [-0.15, -0.1) is 0 Å². The smallest absolute Gasteiger partial charge is 0.226 e. The highest BCUT2D eigenvalue weighted by Gasteiger charge is 2.10. The number of hydrogen-bond donors (Lipinski definition) is 1. The Morgan fingerprint density at radius 1 is 1.30 bits per heavy atom. The van der Waals surface area contributed by atoms with Gasteiger partial charge in [0.05, 0.1) is 0 Å². The Morgan fingerprint density at radius 3 is 1.80 bits per heavy atom. The third kappa shape index (κ3) is 2.87. The molecule has 0 saturated carbocycles. The molecule has 4 heteroatoms. The van der Waals surface area contributed by atoms with E-state index in [4.69, 9.17) is 0 Å². The molecular weight excluding hydrogens is 150 g/mol. The van der Waals surface area contributed by atoms with Crippen LogP contribution in [-0.4, -0.2) is 29.0 Å². The first kappa shape index (κ1) is 9.49. The molecule has 0 radical (unpaired) electrons. The molecule has 3 nitrogen and oxygen atoms in total. The first-order chi connectivity index (χ1) is 4.59. The van der Waals surface area contributed by atoms with Gasteiger partial charge in [-0.25, -0.2) is 0 Å². The Labute approximate surface area is 65.8 Å². The lowest BCUT2D eigenvalue weighted by Crippen LogP contribution is -2.34. The molecule has 58 valence electrons. The number of amides is 2. The van der Waals surface area contributed by atoms with Crippen LogP contribution in [0.3, 0.4) is 0 Å². The highest BCUT2D eigenvalue weighted by atomic mass is 32.1. The van der Waals surface area contributed by atoms with Crippen molar-refractivity contribution in [1.82, 2.24) is 4.90 Å². The van der Waals surface area contributed by atoms with Gasteiger partial charge in [-0.1, -0.05) is 0 Å². The number of thiol groups is 1. The molecule has 0 bridgehead atoms. The highest BCUT2D eigenvalue weighted by molar-refractivity contribution is 7.80. The Bertz CT molecular complexity index is 133. The quantitative estimate of drug-likeness (QED) is 0.592. The van der Waals surface area contributed by atoms with Crippen LogP contribution in [0, 0.1) is 0 Å². The van der Waals surface area contributed by atoms with Crippen molar-refractivity contribution in [1.29, 1.82) is 0 Å². The summed E-state index contributed by atoms with van der Waals surface area (Å²) in [6.45, 7) is 3.13. The Kier molecular flexibility index (Phi) is 4.11. The van der Waals surface area contributed by atoms with Crippen LogP contribution in [0.25, 0.3) is 0 Å². The lowest BCUT2D eigenvalue weighted by Gasteiger charge is -2.14. The van der Waals surface area contributed by atoms with Crippen LogP contribution >= 0.6 is 12.6 Å². The predicted octanol–water partition coefficient (Wildman–Crippen LogP) is 0.311. The van der Waals surface area contributed by atoms with Gasteiger partial charge in [-0.05, 0) is 0 Å². The third-order valence-corrected chi connectivity index (χ3v) is 1.28. The van der Waals surface area contributed by atoms with E-state index in [0.717, 1.165) is 4.90 Å². The minimum absolute atomic E-state index is 0.221. The zero-order chi connectivity index (χ0) is 8.15. The monoisotopic (exact) mass is 161 g/mol. The molecule has 0 unspecified atom stereocenters. The SMILES string of the molecule is CC(=O)N(CCS)C(C)=O. The van der Waals surface area contributed by atoms with Crippen LogP contribution < -0.4 is 0 Å². The molecule has 0 spiro atoms. The second-order valence-electron chi connectivity index (χ2n) is 1.91. The third-order valence-electron chi connectivity index (χ3n) is 1.08. The van der Waals surface area contributed by atoms with Crippen LogP contribution in [0.5, 0.6) is 0 Å². The number of rotatable bonds is 2. The lowest BCUT2D eigenvalue weighted by molar-refractivity contribution is -0.141. The first-order valence-corrected chi connectivity index (χ1v) is 3.62. The van der Waals surface area contributed by atoms with E-state index in [-0.39, 0.29) is 11.8 Å². The van der Waals surface area contributed by atoms with E-state index in [2.05, 4.69) is 12.6 Å². The maximum Gasteiger partial charge on any atom is 0.226 e. The van der Waals surface area contributed by atoms with Crippen molar-refractivity contribution < 1.29 is 9.59 Å². The Balaban J connectivity index is 3.98. The second-order valence-corrected chi connectivity index (χ2v) is 2.36. The number of carbonyl (C=O) groups excluding carboxylic acids is 2. The van der Waals surface area contributed by atoms with Crippen molar-refractivity contribution in [2.45, 2.75) is 13.8 Å². The molecule has 0 fully saturated rings. The first-order valence-electron chi connectivity index (χ1n) is 2.99. The molecule has 0 aliphatic heterocycles. The maximum atomic E-state index is 10.6. The summed E-state index contributed by atoms with van der Waals surface area (Å²) in [5.74, 6) is 0.0715. The van der Waals surface area contributed by atoms with Gasteiger partial charge in [0.1, 0.15) is 0 Å². The van der Waals surface area contributed by atoms with E-state index in [1.165, 1.54) is 13.8 Å². The maximum absolute atomic E-state index is 10.6. The number of imide groups is 1. The van der Waals surface area contributed by atoms with E-state index in [0.29, 0.717) is 12.3 Å². The number of nitrogens with zero attached hydrogens (tertiary/aromatic N) is 1. The Morgan fingerprint density at radius 2 is 1.70 bits per heavy atom. The molecule has 0 atom stereocenters. The highest BCUT2D eigenvalue weighted by Crippen LogP contribution is 1.90. The van der Waals surface area contributed by atoms with Gasteiger partial charge in [0.2, 0.25) is 11.8 Å². The summed E-state index contributed by atoms with van der Waals surface area (Å²) in [6, 6.07) is 0. The van der Waals surface area contributed by atoms with Crippen molar-refractivity contribution in [3.63, 3.8) is 0 Å². The largest absolute Gasteiger partial charge is 0.282 e. The van der Waals surface area contributed by atoms with Gasteiger partial charge in [0.15, 0.2) is 0 Å². The number of hydrogen-bond acceptors (Lipinski definition) is 3. The normalized spacial score (nSPS) is 9.10. The van der Waals surface area contributed by atoms with Gasteiger partial charge in [-0.2, -0.15) is 12.6 Å². The van der Waals surface area contributed by atoms with Gasteiger partial charge in [-0.3, -0.25) is 14.5 Å². The molecule has 0 aromatic heterocycles. The molecule has 0 N–H and O–H groups in total. The molecule has 0 aliphatic rings. The summed E-state index contributed by atoms with van der Waals surface area (Å²) < 4.78 is 0. The topological polar surface area (TPSA) is 37.4 Å². The van der Waals surface area contributed by atoms with E-state index < -0.39 is 0 Å². The van der Waals surface area contributed by atoms with E-state index in [9.17, 15) is 9.59 Å². The van der Waals surface area contributed by atoms with Gasteiger partial charge >= 0.3 is 0 Å². The van der Waals surface area contributed by atoms with Crippen molar-refractivity contribution in [2.24, 2.45) is 0 Å². The summed E-state index contributed by atoms with van der Waals surface area (Å²) in [7, 11) is 0. The van der Waals surface area contributed by atoms with Gasteiger partial charge in [0.25, 0.3) is 0 Å². The van der Waals surface area contributed by atoms with Crippen LogP contribution in [0.15, 0.2) is 0 Å². The summed E-state index contributed by atoms with van der Waals surface area (Å²) >= 11 is 3.90. The summed E-state index contributed by atoms with van der Waals surface area (Å²) in [5, 5.41) is 0. The fraction of sp³-hybridized carbons (Fsp3) is 0.667.